The summed E-state index contributed by atoms with van der Waals surface area (Å²) in [6.07, 6.45) is 1.76. The molecule has 0 radical (unpaired) electrons. The van der Waals surface area contributed by atoms with Crippen molar-refractivity contribution in [1.82, 2.24) is 10.2 Å². The van der Waals surface area contributed by atoms with E-state index in [1.165, 1.54) is 7.11 Å². The number of ether oxygens (including phenoxy) is 1. The van der Waals surface area contributed by atoms with Gasteiger partial charge in [-0.15, -0.1) is 0 Å². The van der Waals surface area contributed by atoms with Gasteiger partial charge >= 0.3 is 5.97 Å². The van der Waals surface area contributed by atoms with Gasteiger partial charge in [0.05, 0.1) is 7.11 Å². The van der Waals surface area contributed by atoms with Crippen LogP contribution in [-0.4, -0.2) is 49.7 Å². The quantitative estimate of drug-likeness (QED) is 0.654. The average molecular weight is 272 g/mol. The molecule has 0 saturated heterocycles. The fraction of sp³-hybridized carbons (Fsp3) is 0.933. The van der Waals surface area contributed by atoms with Gasteiger partial charge in [-0.05, 0) is 46.2 Å². The fourth-order valence-electron chi connectivity index (χ4n) is 2.00. The Morgan fingerprint density at radius 2 is 1.95 bits per heavy atom. The number of nitrogens with one attached hydrogen (secondary N) is 1. The van der Waals surface area contributed by atoms with Gasteiger partial charge in [-0.2, -0.15) is 0 Å². The number of hydrogen-bond acceptors (Lipinski definition) is 4. The Morgan fingerprint density at radius 1 is 1.37 bits per heavy atom. The number of nitrogens with zero attached hydrogens (tertiary/aromatic N) is 1. The molecule has 2 unspecified atom stereocenters. The highest BCUT2D eigenvalue weighted by Crippen LogP contribution is 2.15. The standard InChI is InChI=1S/C15H32N2O2/c1-8-10-16-15(5,14(18)19-7)9-11-17(6)13(4)12(2)3/h12-13,16H,8-11H2,1-7H3. The largest absolute Gasteiger partial charge is 0.468 e. The number of esters is 1. The minimum Gasteiger partial charge on any atom is -0.468 e. The normalized spacial score (nSPS) is 16.5. The minimum atomic E-state index is -0.588. The SMILES string of the molecule is CCCNC(C)(CCN(C)C(C)C(C)C)C(=O)OC. The molecule has 0 fully saturated rings. The Kier molecular flexibility index (Phi) is 8.26. The zero-order valence-corrected chi connectivity index (χ0v) is 13.7. The predicted octanol–water partition coefficient (Wildman–Crippen LogP) is 2.28. The predicted molar refractivity (Wildman–Crippen MR) is 80.3 cm³/mol. The van der Waals surface area contributed by atoms with E-state index >= 15 is 0 Å². The van der Waals surface area contributed by atoms with Crippen LogP contribution in [-0.2, 0) is 9.53 Å². The van der Waals surface area contributed by atoms with Gasteiger partial charge in [0.1, 0.15) is 5.54 Å². The molecule has 0 saturated carbocycles. The first-order valence-corrected chi connectivity index (χ1v) is 7.32. The van der Waals surface area contributed by atoms with Crippen LogP contribution in [0.15, 0.2) is 0 Å². The van der Waals surface area contributed by atoms with E-state index in [9.17, 15) is 4.79 Å². The van der Waals surface area contributed by atoms with E-state index in [1.54, 1.807) is 0 Å². The van der Waals surface area contributed by atoms with Gasteiger partial charge in [0.15, 0.2) is 0 Å². The first-order chi connectivity index (χ1) is 8.78. The van der Waals surface area contributed by atoms with Crippen molar-refractivity contribution in [2.24, 2.45) is 5.92 Å². The summed E-state index contributed by atoms with van der Waals surface area (Å²) < 4.78 is 4.93. The summed E-state index contributed by atoms with van der Waals surface area (Å²) in [4.78, 5) is 14.3. The Balaban J connectivity index is 4.53. The molecule has 0 aliphatic carbocycles. The first kappa shape index (κ1) is 18.4. The minimum absolute atomic E-state index is 0.174. The molecule has 1 N–H and O–H groups in total. The summed E-state index contributed by atoms with van der Waals surface area (Å²) in [6.45, 7) is 12.4. The van der Waals surface area contributed by atoms with Gasteiger partial charge in [-0.3, -0.25) is 4.79 Å². The van der Waals surface area contributed by atoms with Gasteiger partial charge in [-0.25, -0.2) is 0 Å². The number of rotatable bonds is 9. The molecule has 0 spiro atoms. The van der Waals surface area contributed by atoms with Crippen molar-refractivity contribution >= 4 is 5.97 Å². The van der Waals surface area contributed by atoms with Crippen LogP contribution in [0.5, 0.6) is 0 Å². The molecular formula is C15H32N2O2. The van der Waals surface area contributed by atoms with Crippen LogP contribution >= 0.6 is 0 Å². The summed E-state index contributed by atoms with van der Waals surface area (Å²) >= 11 is 0. The molecule has 0 bridgehead atoms. The third-order valence-corrected chi connectivity index (χ3v) is 4.03. The van der Waals surface area contributed by atoms with Crippen LogP contribution < -0.4 is 5.32 Å². The lowest BCUT2D eigenvalue weighted by Crippen LogP contribution is -2.52. The van der Waals surface area contributed by atoms with Gasteiger partial charge in [0.25, 0.3) is 0 Å². The number of hydrogen-bond donors (Lipinski definition) is 1. The zero-order chi connectivity index (χ0) is 15.1. The third-order valence-electron chi connectivity index (χ3n) is 4.03. The maximum absolute atomic E-state index is 12.0. The van der Waals surface area contributed by atoms with Crippen molar-refractivity contribution in [2.75, 3.05) is 27.2 Å². The van der Waals surface area contributed by atoms with E-state index in [-0.39, 0.29) is 5.97 Å². The number of methoxy groups -OCH3 is 1. The lowest BCUT2D eigenvalue weighted by molar-refractivity contribution is -0.148. The van der Waals surface area contributed by atoms with Crippen LogP contribution in [0.2, 0.25) is 0 Å². The van der Waals surface area contributed by atoms with Crippen molar-refractivity contribution in [3.63, 3.8) is 0 Å². The second-order valence-corrected chi connectivity index (χ2v) is 5.97. The molecule has 19 heavy (non-hydrogen) atoms. The molecule has 4 nitrogen and oxygen atoms in total. The van der Waals surface area contributed by atoms with Crippen LogP contribution in [0.1, 0.15) is 47.5 Å². The lowest BCUT2D eigenvalue weighted by Gasteiger charge is -2.33. The summed E-state index contributed by atoms with van der Waals surface area (Å²) in [7, 11) is 3.57. The van der Waals surface area contributed by atoms with E-state index in [0.29, 0.717) is 12.0 Å². The topological polar surface area (TPSA) is 41.6 Å². The van der Waals surface area contributed by atoms with E-state index in [0.717, 1.165) is 25.9 Å². The molecule has 114 valence electrons. The molecule has 4 heteroatoms. The molecule has 0 heterocycles. The number of carbonyl (C=O) groups is 1. The lowest BCUT2D eigenvalue weighted by atomic mass is 9.96. The summed E-state index contributed by atoms with van der Waals surface area (Å²) in [5.74, 6) is 0.435. The first-order valence-electron chi connectivity index (χ1n) is 7.32. The Morgan fingerprint density at radius 3 is 2.37 bits per heavy atom. The van der Waals surface area contributed by atoms with Gasteiger partial charge < -0.3 is 15.0 Å². The summed E-state index contributed by atoms with van der Waals surface area (Å²) in [6, 6.07) is 0.507. The molecule has 0 aromatic carbocycles. The molecule has 0 aliphatic heterocycles. The van der Waals surface area contributed by atoms with E-state index in [2.05, 4.69) is 45.0 Å². The smallest absolute Gasteiger partial charge is 0.325 e. The molecule has 0 aromatic heterocycles. The highest BCUT2D eigenvalue weighted by molar-refractivity contribution is 5.80. The van der Waals surface area contributed by atoms with Crippen LogP contribution in [0.25, 0.3) is 0 Å². The molecule has 2 atom stereocenters. The Hall–Kier alpha value is -0.610. The molecule has 0 amide bonds. The maximum atomic E-state index is 12.0. The Labute approximate surface area is 118 Å². The van der Waals surface area contributed by atoms with Crippen molar-refractivity contribution in [2.45, 2.75) is 59.0 Å². The van der Waals surface area contributed by atoms with Crippen molar-refractivity contribution in [3.05, 3.63) is 0 Å². The number of carbonyl (C=O) groups excluding carboxylic acids is 1. The molecule has 0 aromatic rings. The van der Waals surface area contributed by atoms with Crippen LogP contribution in [0.4, 0.5) is 0 Å². The fourth-order valence-corrected chi connectivity index (χ4v) is 2.00. The van der Waals surface area contributed by atoms with E-state index in [1.807, 2.05) is 6.92 Å². The highest BCUT2D eigenvalue weighted by atomic mass is 16.5. The van der Waals surface area contributed by atoms with E-state index < -0.39 is 5.54 Å². The zero-order valence-electron chi connectivity index (χ0n) is 13.7. The van der Waals surface area contributed by atoms with Gasteiger partial charge in [-0.1, -0.05) is 20.8 Å². The van der Waals surface area contributed by atoms with Crippen molar-refractivity contribution < 1.29 is 9.53 Å². The monoisotopic (exact) mass is 272 g/mol. The average Bonchev–Trinajstić information content (AvgIpc) is 2.40. The molecule has 0 aliphatic rings. The molecular weight excluding hydrogens is 240 g/mol. The van der Waals surface area contributed by atoms with Crippen LogP contribution in [0.3, 0.4) is 0 Å². The van der Waals surface area contributed by atoms with Gasteiger partial charge in [0.2, 0.25) is 0 Å². The third kappa shape index (κ3) is 5.91. The van der Waals surface area contributed by atoms with Gasteiger partial charge in [0, 0.05) is 12.6 Å². The molecule has 0 rings (SSSR count). The second-order valence-electron chi connectivity index (χ2n) is 5.97. The highest BCUT2D eigenvalue weighted by Gasteiger charge is 2.33. The van der Waals surface area contributed by atoms with E-state index in [4.69, 9.17) is 4.74 Å². The summed E-state index contributed by atoms with van der Waals surface area (Å²) in [5.41, 5.74) is -0.588. The second kappa shape index (κ2) is 8.54. The maximum Gasteiger partial charge on any atom is 0.325 e. The van der Waals surface area contributed by atoms with Crippen molar-refractivity contribution in [3.8, 4) is 0 Å². The Bertz CT molecular complexity index is 269. The van der Waals surface area contributed by atoms with Crippen LogP contribution in [0, 0.1) is 5.92 Å². The summed E-state index contributed by atoms with van der Waals surface area (Å²) in [5, 5.41) is 3.32. The van der Waals surface area contributed by atoms with Crippen molar-refractivity contribution in [1.29, 1.82) is 0 Å².